The number of nitrogen functional groups attached to an aromatic ring is 1. The van der Waals surface area contributed by atoms with Crippen molar-refractivity contribution >= 4 is 17.3 Å². The van der Waals surface area contributed by atoms with Crippen molar-refractivity contribution in [3.63, 3.8) is 0 Å². The Hall–Kier alpha value is -1.68. The normalized spacial score (nSPS) is 11.6. The number of nitrogens with two attached hydrogens (primary N) is 1. The Morgan fingerprint density at radius 3 is 2.17 bits per heavy atom. The van der Waals surface area contributed by atoms with Gasteiger partial charge in [-0.25, -0.2) is 0 Å². The second-order valence-electron chi connectivity index (χ2n) is 3.82. The van der Waals surface area contributed by atoms with E-state index < -0.39 is 11.7 Å². The van der Waals surface area contributed by atoms with E-state index >= 15 is 0 Å². The van der Waals surface area contributed by atoms with Crippen LogP contribution in [0.4, 0.5) is 18.9 Å². The van der Waals surface area contributed by atoms with Crippen LogP contribution in [0.2, 0.25) is 5.02 Å². The molecular weight excluding hydrogens is 263 g/mol. The van der Waals surface area contributed by atoms with Gasteiger partial charge in [-0.05, 0) is 35.4 Å². The third-order valence-electron chi connectivity index (χ3n) is 2.49. The molecule has 2 N–H and O–H groups in total. The topological polar surface area (TPSA) is 26.0 Å². The standard InChI is InChI=1S/C13H9ClF3N/c14-12-7-9(4-5-11(12)13(15,16)17)8-2-1-3-10(18)6-8/h1-7H,18H2. The van der Waals surface area contributed by atoms with Crippen LogP contribution in [0.15, 0.2) is 42.5 Å². The maximum Gasteiger partial charge on any atom is 0.417 e. The van der Waals surface area contributed by atoms with Gasteiger partial charge in [-0.2, -0.15) is 13.2 Å². The molecule has 2 aromatic rings. The zero-order valence-electron chi connectivity index (χ0n) is 9.13. The van der Waals surface area contributed by atoms with Crippen LogP contribution >= 0.6 is 11.6 Å². The molecule has 0 spiro atoms. The van der Waals surface area contributed by atoms with Gasteiger partial charge in [0, 0.05) is 5.69 Å². The van der Waals surface area contributed by atoms with E-state index in [-0.39, 0.29) is 5.02 Å². The Morgan fingerprint density at radius 1 is 0.944 bits per heavy atom. The SMILES string of the molecule is Nc1cccc(-c2ccc(C(F)(F)F)c(Cl)c2)c1. The fourth-order valence-electron chi connectivity index (χ4n) is 1.64. The number of anilines is 1. The molecule has 2 aromatic carbocycles. The van der Waals surface area contributed by atoms with E-state index in [0.29, 0.717) is 11.3 Å². The molecule has 0 fully saturated rings. The fourth-order valence-corrected chi connectivity index (χ4v) is 1.93. The molecule has 5 heteroatoms. The average molecular weight is 272 g/mol. The van der Waals surface area contributed by atoms with Crippen LogP contribution < -0.4 is 5.73 Å². The van der Waals surface area contributed by atoms with E-state index in [1.165, 1.54) is 12.1 Å². The number of hydrogen-bond acceptors (Lipinski definition) is 1. The summed E-state index contributed by atoms with van der Waals surface area (Å²) in [6.45, 7) is 0. The van der Waals surface area contributed by atoms with Gasteiger partial charge in [0.1, 0.15) is 0 Å². The minimum atomic E-state index is -4.44. The molecule has 2 rings (SSSR count). The summed E-state index contributed by atoms with van der Waals surface area (Å²) >= 11 is 5.65. The van der Waals surface area contributed by atoms with Gasteiger partial charge in [-0.1, -0.05) is 29.8 Å². The molecule has 0 aliphatic rings. The van der Waals surface area contributed by atoms with Gasteiger partial charge in [-0.15, -0.1) is 0 Å². The van der Waals surface area contributed by atoms with Crippen LogP contribution in [-0.4, -0.2) is 0 Å². The zero-order chi connectivity index (χ0) is 13.3. The van der Waals surface area contributed by atoms with Crippen molar-refractivity contribution in [3.8, 4) is 11.1 Å². The summed E-state index contributed by atoms with van der Waals surface area (Å²) in [5.74, 6) is 0. The van der Waals surface area contributed by atoms with E-state index in [0.717, 1.165) is 11.6 Å². The molecule has 0 amide bonds. The zero-order valence-corrected chi connectivity index (χ0v) is 9.89. The summed E-state index contributed by atoms with van der Waals surface area (Å²) in [6.07, 6.45) is -4.44. The molecule has 0 radical (unpaired) electrons. The largest absolute Gasteiger partial charge is 0.417 e. The predicted molar refractivity (Wildman–Crippen MR) is 66.3 cm³/mol. The van der Waals surface area contributed by atoms with E-state index in [9.17, 15) is 13.2 Å². The first kappa shape index (κ1) is 12.8. The smallest absolute Gasteiger partial charge is 0.399 e. The van der Waals surface area contributed by atoms with Gasteiger partial charge in [0.2, 0.25) is 0 Å². The van der Waals surface area contributed by atoms with Crippen LogP contribution in [-0.2, 0) is 6.18 Å². The first-order valence-electron chi connectivity index (χ1n) is 5.10. The van der Waals surface area contributed by atoms with Crippen LogP contribution in [0.25, 0.3) is 11.1 Å². The summed E-state index contributed by atoms with van der Waals surface area (Å²) in [6, 6.07) is 10.5. The van der Waals surface area contributed by atoms with Gasteiger partial charge in [-0.3, -0.25) is 0 Å². The molecule has 0 atom stereocenters. The highest BCUT2D eigenvalue weighted by Crippen LogP contribution is 2.36. The number of halogens is 4. The highest BCUT2D eigenvalue weighted by molar-refractivity contribution is 6.31. The lowest BCUT2D eigenvalue weighted by atomic mass is 10.0. The molecule has 0 aliphatic heterocycles. The van der Waals surface area contributed by atoms with Crippen molar-refractivity contribution in [2.45, 2.75) is 6.18 Å². The van der Waals surface area contributed by atoms with Crippen molar-refractivity contribution in [1.82, 2.24) is 0 Å². The van der Waals surface area contributed by atoms with E-state index in [2.05, 4.69) is 0 Å². The summed E-state index contributed by atoms with van der Waals surface area (Å²) in [7, 11) is 0. The second-order valence-corrected chi connectivity index (χ2v) is 4.23. The molecule has 1 nitrogen and oxygen atoms in total. The summed E-state index contributed by atoms with van der Waals surface area (Å²) in [5.41, 5.74) is 6.65. The molecule has 18 heavy (non-hydrogen) atoms. The first-order chi connectivity index (χ1) is 8.38. The Labute approximate surface area is 107 Å². The minimum Gasteiger partial charge on any atom is -0.399 e. The number of rotatable bonds is 1. The van der Waals surface area contributed by atoms with E-state index in [1.807, 2.05) is 0 Å². The van der Waals surface area contributed by atoms with Crippen molar-refractivity contribution < 1.29 is 13.2 Å². The van der Waals surface area contributed by atoms with Gasteiger partial charge in [0.05, 0.1) is 10.6 Å². The Kier molecular flexibility index (Phi) is 3.22. The van der Waals surface area contributed by atoms with Gasteiger partial charge < -0.3 is 5.73 Å². The molecule has 0 saturated carbocycles. The first-order valence-corrected chi connectivity index (χ1v) is 5.48. The lowest BCUT2D eigenvalue weighted by molar-refractivity contribution is -0.137. The Bertz CT molecular complexity index is 579. The molecule has 94 valence electrons. The van der Waals surface area contributed by atoms with E-state index in [4.69, 9.17) is 17.3 Å². The van der Waals surface area contributed by atoms with Crippen molar-refractivity contribution in [3.05, 3.63) is 53.1 Å². The molecular formula is C13H9ClF3N. The van der Waals surface area contributed by atoms with Crippen LogP contribution in [0, 0.1) is 0 Å². The van der Waals surface area contributed by atoms with Crippen LogP contribution in [0.3, 0.4) is 0 Å². The minimum absolute atomic E-state index is 0.317. The number of hydrogen-bond donors (Lipinski definition) is 1. The van der Waals surface area contributed by atoms with E-state index in [1.54, 1.807) is 24.3 Å². The maximum atomic E-state index is 12.5. The molecule has 0 aromatic heterocycles. The van der Waals surface area contributed by atoms with Crippen LogP contribution in [0.1, 0.15) is 5.56 Å². The van der Waals surface area contributed by atoms with Crippen molar-refractivity contribution in [2.75, 3.05) is 5.73 Å². The third-order valence-corrected chi connectivity index (χ3v) is 2.81. The Morgan fingerprint density at radius 2 is 1.61 bits per heavy atom. The number of alkyl halides is 3. The predicted octanol–water partition coefficient (Wildman–Crippen LogP) is 4.61. The highest BCUT2D eigenvalue weighted by Gasteiger charge is 2.33. The summed E-state index contributed by atoms with van der Waals surface area (Å²) in [4.78, 5) is 0. The summed E-state index contributed by atoms with van der Waals surface area (Å²) < 4.78 is 37.6. The quantitative estimate of drug-likeness (QED) is 0.753. The molecule has 0 bridgehead atoms. The lowest BCUT2D eigenvalue weighted by Gasteiger charge is -2.10. The van der Waals surface area contributed by atoms with Crippen molar-refractivity contribution in [1.29, 1.82) is 0 Å². The third kappa shape index (κ3) is 2.59. The van der Waals surface area contributed by atoms with Gasteiger partial charge in [0.15, 0.2) is 0 Å². The van der Waals surface area contributed by atoms with Gasteiger partial charge in [0.25, 0.3) is 0 Å². The molecule has 0 heterocycles. The maximum absolute atomic E-state index is 12.5. The van der Waals surface area contributed by atoms with Crippen molar-refractivity contribution in [2.24, 2.45) is 0 Å². The molecule has 0 unspecified atom stereocenters. The Balaban J connectivity index is 2.47. The monoisotopic (exact) mass is 271 g/mol. The number of benzene rings is 2. The fraction of sp³-hybridized carbons (Fsp3) is 0.0769. The molecule has 0 aliphatic carbocycles. The van der Waals surface area contributed by atoms with Gasteiger partial charge >= 0.3 is 6.18 Å². The average Bonchev–Trinajstić information content (AvgIpc) is 2.27. The second kappa shape index (κ2) is 4.53. The van der Waals surface area contributed by atoms with Crippen LogP contribution in [0.5, 0.6) is 0 Å². The molecule has 0 saturated heterocycles. The lowest BCUT2D eigenvalue weighted by Crippen LogP contribution is -2.05. The highest BCUT2D eigenvalue weighted by atomic mass is 35.5. The summed E-state index contributed by atoms with van der Waals surface area (Å²) in [5, 5.41) is -0.317.